The third-order valence-electron chi connectivity index (χ3n) is 5.54. The second kappa shape index (κ2) is 8.69. The van der Waals surface area contributed by atoms with Crippen LogP contribution >= 0.6 is 0 Å². The van der Waals surface area contributed by atoms with Gasteiger partial charge in [0.1, 0.15) is 11.4 Å². The Balaban J connectivity index is 1.61. The van der Waals surface area contributed by atoms with Gasteiger partial charge in [0.25, 0.3) is 0 Å². The largest absolute Gasteiger partial charge is 0.439 e. The summed E-state index contributed by atoms with van der Waals surface area (Å²) in [6, 6.07) is 12.2. The van der Waals surface area contributed by atoms with Gasteiger partial charge < -0.3 is 10.2 Å². The van der Waals surface area contributed by atoms with Crippen LogP contribution in [0.25, 0.3) is 22.1 Å². The Kier molecular flexibility index (Phi) is 5.81. The monoisotopic (exact) mass is 423 g/mol. The molecule has 7 nitrogen and oxygen atoms in total. The molecule has 2 amide bonds. The minimum absolute atomic E-state index is 0.0207. The van der Waals surface area contributed by atoms with Crippen LogP contribution in [0.3, 0.4) is 0 Å². The summed E-state index contributed by atoms with van der Waals surface area (Å²) in [6.07, 6.45) is 1.21. The van der Waals surface area contributed by atoms with Gasteiger partial charge in [-0.1, -0.05) is 24.3 Å². The molecule has 1 aromatic heterocycles. The van der Waals surface area contributed by atoms with E-state index in [2.05, 4.69) is 5.32 Å². The van der Waals surface area contributed by atoms with Crippen LogP contribution in [-0.4, -0.2) is 36.3 Å². The number of primary amides is 1. The van der Waals surface area contributed by atoms with Gasteiger partial charge in [-0.3, -0.25) is 24.6 Å². The van der Waals surface area contributed by atoms with Crippen molar-refractivity contribution < 1.29 is 18.4 Å². The van der Waals surface area contributed by atoms with E-state index in [1.807, 2.05) is 4.90 Å². The number of nitrogens with two attached hydrogens (primary N) is 1. The molecule has 31 heavy (non-hydrogen) atoms. The van der Waals surface area contributed by atoms with E-state index >= 15 is 0 Å². The Labute approximate surface area is 177 Å². The lowest BCUT2D eigenvalue weighted by molar-refractivity contribution is -0.123. The molecule has 160 valence electrons. The SMILES string of the molecule is NC(=O)C1CCN(CC(=O)Nc2oc3ccccc3c(=O)c2-c2ccc(F)cc2)CC1. The molecule has 0 bridgehead atoms. The lowest BCUT2D eigenvalue weighted by atomic mass is 9.96. The number of nitrogens with one attached hydrogen (secondary N) is 1. The summed E-state index contributed by atoms with van der Waals surface area (Å²) in [5.74, 6) is -1.24. The molecule has 0 spiro atoms. The molecule has 3 aromatic rings. The highest BCUT2D eigenvalue weighted by Gasteiger charge is 2.25. The molecule has 0 aliphatic carbocycles. The Morgan fingerprint density at radius 3 is 2.45 bits per heavy atom. The number of halogens is 1. The second-order valence-electron chi connectivity index (χ2n) is 7.64. The van der Waals surface area contributed by atoms with Crippen LogP contribution in [0, 0.1) is 11.7 Å². The highest BCUT2D eigenvalue weighted by molar-refractivity contribution is 5.97. The standard InChI is InChI=1S/C23H22FN3O4/c24-16-7-5-14(6-8-16)20-21(29)17-3-1-2-4-18(17)31-23(20)26-19(28)13-27-11-9-15(10-12-27)22(25)30/h1-8,15H,9-13H2,(H2,25,30)(H,26,28). The number of benzene rings is 2. The average molecular weight is 423 g/mol. The molecule has 1 fully saturated rings. The van der Waals surface area contributed by atoms with Crippen LogP contribution in [0.2, 0.25) is 0 Å². The smallest absolute Gasteiger partial charge is 0.240 e. The lowest BCUT2D eigenvalue weighted by Gasteiger charge is -2.29. The molecule has 0 unspecified atom stereocenters. The number of anilines is 1. The van der Waals surface area contributed by atoms with Gasteiger partial charge in [-0.15, -0.1) is 0 Å². The predicted octanol–water partition coefficient (Wildman–Crippen LogP) is 2.73. The van der Waals surface area contributed by atoms with E-state index in [4.69, 9.17) is 10.2 Å². The summed E-state index contributed by atoms with van der Waals surface area (Å²) in [5.41, 5.74) is 5.99. The lowest BCUT2D eigenvalue weighted by Crippen LogP contribution is -2.42. The van der Waals surface area contributed by atoms with Gasteiger partial charge in [-0.25, -0.2) is 4.39 Å². The van der Waals surface area contributed by atoms with Crippen molar-refractivity contribution >= 4 is 28.7 Å². The molecule has 8 heteroatoms. The number of para-hydroxylation sites is 1. The topological polar surface area (TPSA) is 106 Å². The first-order chi connectivity index (χ1) is 14.9. The molecule has 3 N–H and O–H groups in total. The van der Waals surface area contributed by atoms with E-state index in [-0.39, 0.29) is 41.2 Å². The molecule has 0 saturated carbocycles. The number of amides is 2. The molecular weight excluding hydrogens is 401 g/mol. The fraction of sp³-hybridized carbons (Fsp3) is 0.261. The van der Waals surface area contributed by atoms with Crippen molar-refractivity contribution in [3.8, 4) is 11.1 Å². The first-order valence-corrected chi connectivity index (χ1v) is 10.1. The molecule has 2 aromatic carbocycles. The third kappa shape index (κ3) is 4.49. The van der Waals surface area contributed by atoms with Crippen LogP contribution in [0.4, 0.5) is 10.3 Å². The maximum Gasteiger partial charge on any atom is 0.240 e. The Morgan fingerprint density at radius 2 is 1.77 bits per heavy atom. The van der Waals surface area contributed by atoms with Crippen molar-refractivity contribution in [2.45, 2.75) is 12.8 Å². The maximum atomic E-state index is 13.4. The number of piperidine rings is 1. The van der Waals surface area contributed by atoms with Gasteiger partial charge in [0, 0.05) is 5.92 Å². The van der Waals surface area contributed by atoms with Crippen LogP contribution in [0.1, 0.15) is 12.8 Å². The second-order valence-corrected chi connectivity index (χ2v) is 7.64. The fourth-order valence-electron chi connectivity index (χ4n) is 3.85. The van der Waals surface area contributed by atoms with Crippen molar-refractivity contribution in [3.05, 3.63) is 64.6 Å². The van der Waals surface area contributed by atoms with E-state index in [0.717, 1.165) is 0 Å². The van der Waals surface area contributed by atoms with Crippen molar-refractivity contribution in [3.63, 3.8) is 0 Å². The molecule has 0 atom stereocenters. The number of fused-ring (bicyclic) bond motifs is 1. The zero-order valence-electron chi connectivity index (χ0n) is 16.8. The van der Waals surface area contributed by atoms with E-state index in [1.165, 1.54) is 24.3 Å². The average Bonchev–Trinajstić information content (AvgIpc) is 2.75. The molecule has 4 rings (SSSR count). The van der Waals surface area contributed by atoms with E-state index in [9.17, 15) is 18.8 Å². The van der Waals surface area contributed by atoms with Gasteiger partial charge in [0.05, 0.1) is 17.5 Å². The summed E-state index contributed by atoms with van der Waals surface area (Å²) in [6.45, 7) is 1.24. The van der Waals surface area contributed by atoms with Crippen LogP contribution in [-0.2, 0) is 9.59 Å². The van der Waals surface area contributed by atoms with Crippen molar-refractivity contribution in [2.24, 2.45) is 11.7 Å². The van der Waals surface area contributed by atoms with Gasteiger partial charge in [0.15, 0.2) is 0 Å². The summed E-state index contributed by atoms with van der Waals surface area (Å²) >= 11 is 0. The van der Waals surface area contributed by atoms with Gasteiger partial charge in [0.2, 0.25) is 23.1 Å². The molecule has 0 radical (unpaired) electrons. The Bertz CT molecular complexity index is 1180. The van der Waals surface area contributed by atoms with Crippen LogP contribution in [0.15, 0.2) is 57.7 Å². The summed E-state index contributed by atoms with van der Waals surface area (Å²) in [7, 11) is 0. The Hall–Kier alpha value is -3.52. The molecular formula is C23H22FN3O4. The number of carbonyl (C=O) groups excluding carboxylic acids is 2. The number of carbonyl (C=O) groups is 2. The van der Waals surface area contributed by atoms with E-state index < -0.39 is 5.82 Å². The quantitative estimate of drug-likeness (QED) is 0.656. The van der Waals surface area contributed by atoms with Crippen molar-refractivity contribution in [1.29, 1.82) is 0 Å². The predicted molar refractivity (Wildman–Crippen MR) is 115 cm³/mol. The zero-order valence-corrected chi connectivity index (χ0v) is 16.8. The highest BCUT2D eigenvalue weighted by atomic mass is 19.1. The van der Waals surface area contributed by atoms with Crippen LogP contribution in [0.5, 0.6) is 0 Å². The van der Waals surface area contributed by atoms with Gasteiger partial charge in [-0.05, 0) is 55.8 Å². The number of rotatable bonds is 5. The highest BCUT2D eigenvalue weighted by Crippen LogP contribution is 2.29. The number of likely N-dealkylation sites (tertiary alicyclic amines) is 1. The van der Waals surface area contributed by atoms with Gasteiger partial charge >= 0.3 is 0 Å². The van der Waals surface area contributed by atoms with E-state index in [0.29, 0.717) is 42.5 Å². The van der Waals surface area contributed by atoms with Crippen molar-refractivity contribution in [2.75, 3.05) is 25.0 Å². The first-order valence-electron chi connectivity index (χ1n) is 10.1. The third-order valence-corrected chi connectivity index (χ3v) is 5.54. The first kappa shape index (κ1) is 20.7. The summed E-state index contributed by atoms with van der Waals surface area (Å²) in [5, 5.41) is 3.07. The molecule has 1 aliphatic rings. The number of hydrogen-bond donors (Lipinski definition) is 2. The minimum atomic E-state index is -0.432. The normalized spacial score (nSPS) is 15.1. The van der Waals surface area contributed by atoms with Crippen LogP contribution < -0.4 is 16.5 Å². The van der Waals surface area contributed by atoms with E-state index in [1.54, 1.807) is 24.3 Å². The van der Waals surface area contributed by atoms with Crippen molar-refractivity contribution in [1.82, 2.24) is 4.90 Å². The molecule has 1 saturated heterocycles. The maximum absolute atomic E-state index is 13.4. The number of nitrogens with zero attached hydrogens (tertiary/aromatic N) is 1. The van der Waals surface area contributed by atoms with Gasteiger partial charge in [-0.2, -0.15) is 0 Å². The summed E-state index contributed by atoms with van der Waals surface area (Å²) in [4.78, 5) is 39.1. The molecule has 1 aliphatic heterocycles. The summed E-state index contributed by atoms with van der Waals surface area (Å²) < 4.78 is 19.3. The fourth-order valence-corrected chi connectivity index (χ4v) is 3.85. The Morgan fingerprint density at radius 1 is 1.10 bits per heavy atom. The minimum Gasteiger partial charge on any atom is -0.439 e. The zero-order chi connectivity index (χ0) is 22.0. The number of hydrogen-bond acceptors (Lipinski definition) is 5. The molecule has 2 heterocycles.